The molecule has 1 saturated carbocycles. The van der Waals surface area contributed by atoms with Crippen molar-refractivity contribution in [2.75, 3.05) is 19.7 Å². The molecular formula is C12H21NO2. The average Bonchev–Trinajstić information content (AvgIpc) is 2.44. The van der Waals surface area contributed by atoms with E-state index in [-0.39, 0.29) is 0 Å². The normalized spacial score (nSPS) is 31.5. The highest BCUT2D eigenvalue weighted by atomic mass is 16.5. The van der Waals surface area contributed by atoms with E-state index in [1.807, 2.05) is 0 Å². The van der Waals surface area contributed by atoms with Gasteiger partial charge in [0.2, 0.25) is 0 Å². The van der Waals surface area contributed by atoms with Crippen LogP contribution in [0, 0.1) is 0 Å². The monoisotopic (exact) mass is 211 g/mol. The van der Waals surface area contributed by atoms with E-state index in [9.17, 15) is 4.79 Å². The zero-order valence-electron chi connectivity index (χ0n) is 9.58. The van der Waals surface area contributed by atoms with E-state index in [1.54, 1.807) is 0 Å². The molecule has 1 unspecified atom stereocenters. The summed E-state index contributed by atoms with van der Waals surface area (Å²) in [4.78, 5) is 13.7. The minimum absolute atomic E-state index is 0.352. The first-order valence-corrected chi connectivity index (χ1v) is 6.13. The molecule has 0 radical (unpaired) electrons. The molecule has 0 amide bonds. The van der Waals surface area contributed by atoms with Gasteiger partial charge >= 0.3 is 0 Å². The van der Waals surface area contributed by atoms with E-state index in [0.29, 0.717) is 17.9 Å². The van der Waals surface area contributed by atoms with E-state index in [2.05, 4.69) is 11.8 Å². The smallest absolute Gasteiger partial charge is 0.133 e. The zero-order chi connectivity index (χ0) is 10.7. The minimum Gasteiger partial charge on any atom is -0.377 e. The van der Waals surface area contributed by atoms with Crippen molar-refractivity contribution >= 4 is 5.78 Å². The van der Waals surface area contributed by atoms with Crippen LogP contribution in [0.4, 0.5) is 0 Å². The Kier molecular flexibility index (Phi) is 3.76. The van der Waals surface area contributed by atoms with Crippen LogP contribution in [0.5, 0.6) is 0 Å². The van der Waals surface area contributed by atoms with Crippen LogP contribution in [0.15, 0.2) is 0 Å². The first kappa shape index (κ1) is 11.1. The van der Waals surface area contributed by atoms with Gasteiger partial charge in [0, 0.05) is 38.6 Å². The van der Waals surface area contributed by atoms with Gasteiger partial charge in [-0.3, -0.25) is 9.69 Å². The Morgan fingerprint density at radius 3 is 2.80 bits per heavy atom. The molecule has 0 bridgehead atoms. The molecule has 0 aromatic carbocycles. The molecular weight excluding hydrogens is 190 g/mol. The van der Waals surface area contributed by atoms with Gasteiger partial charge in [-0.2, -0.15) is 0 Å². The molecule has 0 aromatic heterocycles. The molecule has 15 heavy (non-hydrogen) atoms. The lowest BCUT2D eigenvalue weighted by Crippen LogP contribution is -2.41. The minimum atomic E-state index is 0.352. The fourth-order valence-corrected chi connectivity index (χ4v) is 2.65. The largest absolute Gasteiger partial charge is 0.377 e. The van der Waals surface area contributed by atoms with Gasteiger partial charge in [0.05, 0.1) is 6.10 Å². The number of hydrogen-bond acceptors (Lipinski definition) is 3. The van der Waals surface area contributed by atoms with Crippen molar-refractivity contribution in [3.05, 3.63) is 0 Å². The molecule has 0 N–H and O–H groups in total. The zero-order valence-corrected chi connectivity index (χ0v) is 9.58. The number of carbonyl (C=O) groups is 1. The highest BCUT2D eigenvalue weighted by Crippen LogP contribution is 2.22. The summed E-state index contributed by atoms with van der Waals surface area (Å²) in [7, 11) is 0. The molecule has 1 saturated heterocycles. The SMILES string of the molecule is CC1CN(C2CCC(=O)CC2)CCCO1. The van der Waals surface area contributed by atoms with Crippen LogP contribution >= 0.6 is 0 Å². The quantitative estimate of drug-likeness (QED) is 0.660. The summed E-state index contributed by atoms with van der Waals surface area (Å²) in [5, 5.41) is 0. The highest BCUT2D eigenvalue weighted by Gasteiger charge is 2.26. The predicted molar refractivity (Wildman–Crippen MR) is 58.9 cm³/mol. The number of Topliss-reactive ketones (excluding diaryl/α,β-unsaturated/α-hetero) is 1. The van der Waals surface area contributed by atoms with Crippen molar-refractivity contribution in [3.8, 4) is 0 Å². The van der Waals surface area contributed by atoms with Gasteiger partial charge in [-0.25, -0.2) is 0 Å². The predicted octanol–water partition coefficient (Wildman–Crippen LogP) is 1.61. The van der Waals surface area contributed by atoms with Crippen LogP contribution in [0.25, 0.3) is 0 Å². The second kappa shape index (κ2) is 5.08. The van der Waals surface area contributed by atoms with Crippen LogP contribution in [-0.4, -0.2) is 42.5 Å². The Bertz CT molecular complexity index is 220. The third kappa shape index (κ3) is 3.02. The maximum Gasteiger partial charge on any atom is 0.133 e. The average molecular weight is 211 g/mol. The van der Waals surface area contributed by atoms with Gasteiger partial charge in [0.25, 0.3) is 0 Å². The number of carbonyl (C=O) groups excluding carboxylic acids is 1. The third-order valence-electron chi connectivity index (χ3n) is 3.51. The second-order valence-corrected chi connectivity index (χ2v) is 4.80. The molecule has 86 valence electrons. The lowest BCUT2D eigenvalue weighted by Gasteiger charge is -2.33. The van der Waals surface area contributed by atoms with Gasteiger partial charge in [0.15, 0.2) is 0 Å². The standard InChI is InChI=1S/C12H21NO2/c1-10-9-13(7-2-8-15-10)11-3-5-12(14)6-4-11/h10-11H,2-9H2,1H3. The number of rotatable bonds is 1. The Hall–Kier alpha value is -0.410. The summed E-state index contributed by atoms with van der Waals surface area (Å²) in [6, 6.07) is 0.631. The molecule has 1 atom stereocenters. The summed E-state index contributed by atoms with van der Waals surface area (Å²) in [6.45, 7) is 5.22. The number of nitrogens with zero attached hydrogens (tertiary/aromatic N) is 1. The van der Waals surface area contributed by atoms with Gasteiger partial charge in [-0.05, 0) is 26.2 Å². The summed E-state index contributed by atoms with van der Waals surface area (Å²) in [6.07, 6.45) is 5.18. The van der Waals surface area contributed by atoms with Crippen LogP contribution in [0.1, 0.15) is 39.0 Å². The molecule has 3 heteroatoms. The van der Waals surface area contributed by atoms with E-state index < -0.39 is 0 Å². The number of ether oxygens (including phenoxy) is 1. The summed E-state index contributed by atoms with van der Waals surface area (Å²) < 4.78 is 5.64. The molecule has 3 nitrogen and oxygen atoms in total. The maximum atomic E-state index is 11.2. The molecule has 2 fully saturated rings. The molecule has 1 aliphatic carbocycles. The molecule has 2 rings (SSSR count). The van der Waals surface area contributed by atoms with Crippen molar-refractivity contribution in [2.45, 2.75) is 51.2 Å². The van der Waals surface area contributed by atoms with Crippen LogP contribution in [0.2, 0.25) is 0 Å². The topological polar surface area (TPSA) is 29.5 Å². The van der Waals surface area contributed by atoms with Gasteiger partial charge in [-0.1, -0.05) is 0 Å². The lowest BCUT2D eigenvalue weighted by atomic mass is 9.93. The lowest BCUT2D eigenvalue weighted by molar-refractivity contribution is -0.121. The number of hydrogen-bond donors (Lipinski definition) is 0. The highest BCUT2D eigenvalue weighted by molar-refractivity contribution is 5.79. The van der Waals surface area contributed by atoms with E-state index in [0.717, 1.165) is 51.8 Å². The molecule has 1 heterocycles. The Labute approximate surface area is 91.8 Å². The van der Waals surface area contributed by atoms with Crippen LogP contribution in [0.3, 0.4) is 0 Å². The summed E-state index contributed by atoms with van der Waals surface area (Å²) >= 11 is 0. The van der Waals surface area contributed by atoms with Gasteiger partial charge in [0.1, 0.15) is 5.78 Å². The molecule has 0 spiro atoms. The Balaban J connectivity index is 1.88. The third-order valence-corrected chi connectivity index (χ3v) is 3.51. The van der Waals surface area contributed by atoms with Crippen molar-refractivity contribution in [3.63, 3.8) is 0 Å². The summed E-state index contributed by atoms with van der Waals surface area (Å²) in [5.74, 6) is 0.449. The Morgan fingerprint density at radius 1 is 1.33 bits per heavy atom. The fraction of sp³-hybridized carbons (Fsp3) is 0.917. The molecule has 2 aliphatic rings. The van der Waals surface area contributed by atoms with Gasteiger partial charge in [-0.15, -0.1) is 0 Å². The van der Waals surface area contributed by atoms with Crippen molar-refractivity contribution in [1.29, 1.82) is 0 Å². The van der Waals surface area contributed by atoms with Crippen LogP contribution < -0.4 is 0 Å². The van der Waals surface area contributed by atoms with Crippen molar-refractivity contribution in [1.82, 2.24) is 4.90 Å². The van der Waals surface area contributed by atoms with Crippen molar-refractivity contribution in [2.24, 2.45) is 0 Å². The first-order valence-electron chi connectivity index (χ1n) is 6.13. The molecule has 1 aliphatic heterocycles. The maximum absolute atomic E-state index is 11.2. The van der Waals surface area contributed by atoms with Gasteiger partial charge < -0.3 is 4.74 Å². The van der Waals surface area contributed by atoms with E-state index in [1.165, 1.54) is 0 Å². The van der Waals surface area contributed by atoms with E-state index >= 15 is 0 Å². The molecule has 0 aromatic rings. The van der Waals surface area contributed by atoms with Crippen molar-refractivity contribution < 1.29 is 9.53 Å². The fourth-order valence-electron chi connectivity index (χ4n) is 2.65. The second-order valence-electron chi connectivity index (χ2n) is 4.80. The Morgan fingerprint density at radius 2 is 2.07 bits per heavy atom. The van der Waals surface area contributed by atoms with Crippen LogP contribution in [-0.2, 0) is 9.53 Å². The first-order chi connectivity index (χ1) is 7.25. The summed E-state index contributed by atoms with van der Waals surface area (Å²) in [5.41, 5.74) is 0. The number of ketones is 1. The van der Waals surface area contributed by atoms with E-state index in [4.69, 9.17) is 4.74 Å².